The van der Waals surface area contributed by atoms with Gasteiger partial charge in [-0.2, -0.15) is 0 Å². The zero-order valence-electron chi connectivity index (χ0n) is 7.75. The molecule has 1 aliphatic rings. The second kappa shape index (κ2) is 4.34. The molecule has 0 spiro atoms. The molecule has 5 nitrogen and oxygen atoms in total. The summed E-state index contributed by atoms with van der Waals surface area (Å²) >= 11 is 0. The number of ether oxygens (including phenoxy) is 2. The molecule has 0 saturated carbocycles. The van der Waals surface area contributed by atoms with E-state index in [0.29, 0.717) is 6.42 Å². The Hall–Kier alpha value is -0.200. The highest BCUT2D eigenvalue weighted by Crippen LogP contribution is 2.23. The van der Waals surface area contributed by atoms with Crippen molar-refractivity contribution < 1.29 is 24.8 Å². The Labute approximate surface area is 76.9 Å². The minimum absolute atomic E-state index is 0.483. The van der Waals surface area contributed by atoms with Gasteiger partial charge < -0.3 is 24.8 Å². The molecule has 1 aliphatic heterocycles. The average molecular weight is 192 g/mol. The minimum Gasteiger partial charge on any atom is -0.388 e. The molecule has 3 N–H and O–H groups in total. The summed E-state index contributed by atoms with van der Waals surface area (Å²) in [6.45, 7) is 1.82. The molecule has 0 bridgehead atoms. The lowest BCUT2D eigenvalue weighted by Crippen LogP contribution is -2.57. The van der Waals surface area contributed by atoms with Gasteiger partial charge in [0.05, 0.1) is 6.10 Å². The molecule has 1 saturated heterocycles. The summed E-state index contributed by atoms with van der Waals surface area (Å²) in [6.07, 6.45) is -4.23. The SMILES string of the molecule is CCC1O[C@H](OC)[C@H](O)C(O)[C@@H]1O. The van der Waals surface area contributed by atoms with Crippen LogP contribution in [0, 0.1) is 0 Å². The van der Waals surface area contributed by atoms with Gasteiger partial charge in [-0.05, 0) is 6.42 Å². The van der Waals surface area contributed by atoms with Crippen LogP contribution in [0.5, 0.6) is 0 Å². The third kappa shape index (κ3) is 2.00. The van der Waals surface area contributed by atoms with E-state index in [1.165, 1.54) is 7.11 Å². The van der Waals surface area contributed by atoms with E-state index in [1.807, 2.05) is 6.92 Å². The second-order valence-corrected chi connectivity index (χ2v) is 3.16. The van der Waals surface area contributed by atoms with Crippen molar-refractivity contribution in [2.75, 3.05) is 7.11 Å². The highest BCUT2D eigenvalue weighted by molar-refractivity contribution is 4.88. The van der Waals surface area contributed by atoms with Crippen molar-refractivity contribution in [2.45, 2.75) is 44.1 Å². The highest BCUT2D eigenvalue weighted by Gasteiger charge is 2.42. The molecule has 1 rings (SSSR count). The Morgan fingerprint density at radius 1 is 1.15 bits per heavy atom. The maximum atomic E-state index is 9.43. The normalized spacial score (nSPS) is 46.4. The molecule has 78 valence electrons. The van der Waals surface area contributed by atoms with Gasteiger partial charge in [0.15, 0.2) is 6.29 Å². The van der Waals surface area contributed by atoms with E-state index < -0.39 is 30.7 Å². The van der Waals surface area contributed by atoms with Crippen LogP contribution >= 0.6 is 0 Å². The summed E-state index contributed by atoms with van der Waals surface area (Å²) in [4.78, 5) is 0. The van der Waals surface area contributed by atoms with Crippen LogP contribution in [0.3, 0.4) is 0 Å². The summed E-state index contributed by atoms with van der Waals surface area (Å²) in [5.41, 5.74) is 0. The van der Waals surface area contributed by atoms with E-state index >= 15 is 0 Å². The number of rotatable bonds is 2. The van der Waals surface area contributed by atoms with E-state index in [2.05, 4.69) is 0 Å². The Balaban J connectivity index is 2.66. The third-order valence-electron chi connectivity index (χ3n) is 2.30. The molecule has 0 aliphatic carbocycles. The molecule has 5 heteroatoms. The summed E-state index contributed by atoms with van der Waals surface area (Å²) in [6, 6.07) is 0. The fraction of sp³-hybridized carbons (Fsp3) is 1.00. The molecule has 0 amide bonds. The molecule has 0 aromatic carbocycles. The molecule has 13 heavy (non-hydrogen) atoms. The minimum atomic E-state index is -1.20. The van der Waals surface area contributed by atoms with Crippen molar-refractivity contribution in [3.05, 3.63) is 0 Å². The molecule has 2 unspecified atom stereocenters. The molecule has 0 aromatic heterocycles. The smallest absolute Gasteiger partial charge is 0.186 e. The maximum Gasteiger partial charge on any atom is 0.186 e. The van der Waals surface area contributed by atoms with Gasteiger partial charge in [0.2, 0.25) is 0 Å². The van der Waals surface area contributed by atoms with Crippen LogP contribution in [0.25, 0.3) is 0 Å². The molecular weight excluding hydrogens is 176 g/mol. The fourth-order valence-electron chi connectivity index (χ4n) is 1.45. The number of methoxy groups -OCH3 is 1. The molecule has 5 atom stereocenters. The lowest BCUT2D eigenvalue weighted by atomic mass is 9.97. The van der Waals surface area contributed by atoms with Gasteiger partial charge in [-0.25, -0.2) is 0 Å². The first-order valence-corrected chi connectivity index (χ1v) is 4.34. The topological polar surface area (TPSA) is 79.2 Å². The molecule has 0 aromatic rings. The number of hydrogen-bond donors (Lipinski definition) is 3. The van der Waals surface area contributed by atoms with Crippen LogP contribution in [-0.2, 0) is 9.47 Å². The fourth-order valence-corrected chi connectivity index (χ4v) is 1.45. The summed E-state index contributed by atoms with van der Waals surface area (Å²) in [5, 5.41) is 28.2. The van der Waals surface area contributed by atoms with Gasteiger partial charge >= 0.3 is 0 Å². The quantitative estimate of drug-likeness (QED) is 0.515. The third-order valence-corrected chi connectivity index (χ3v) is 2.30. The zero-order valence-corrected chi connectivity index (χ0v) is 7.75. The highest BCUT2D eigenvalue weighted by atomic mass is 16.7. The maximum absolute atomic E-state index is 9.43. The predicted molar refractivity (Wildman–Crippen MR) is 44.0 cm³/mol. The number of aliphatic hydroxyl groups excluding tert-OH is 3. The number of hydrogen-bond acceptors (Lipinski definition) is 5. The molecular formula is C8H16O5. The van der Waals surface area contributed by atoms with Gasteiger partial charge in [-0.15, -0.1) is 0 Å². The molecule has 1 heterocycles. The van der Waals surface area contributed by atoms with Gasteiger partial charge in [-0.1, -0.05) is 6.92 Å². The monoisotopic (exact) mass is 192 g/mol. The summed E-state index contributed by atoms with van der Waals surface area (Å²) in [7, 11) is 1.38. The van der Waals surface area contributed by atoms with Crippen LogP contribution in [0.15, 0.2) is 0 Å². The van der Waals surface area contributed by atoms with Crippen LogP contribution in [0.1, 0.15) is 13.3 Å². The van der Waals surface area contributed by atoms with Gasteiger partial charge in [0.25, 0.3) is 0 Å². The first-order chi connectivity index (χ1) is 6.11. The van der Waals surface area contributed by atoms with Gasteiger partial charge in [0.1, 0.15) is 18.3 Å². The van der Waals surface area contributed by atoms with Crippen molar-refractivity contribution in [2.24, 2.45) is 0 Å². The Kier molecular flexibility index (Phi) is 3.63. The van der Waals surface area contributed by atoms with Crippen LogP contribution in [0.2, 0.25) is 0 Å². The van der Waals surface area contributed by atoms with E-state index in [4.69, 9.17) is 9.47 Å². The lowest BCUT2D eigenvalue weighted by molar-refractivity contribution is -0.290. The standard InChI is InChI=1S/C8H16O5/c1-3-4-5(9)6(10)7(11)8(12-2)13-4/h4-11H,3H2,1-2H3/t4?,5-,6?,7-,8+/m1/s1. The van der Waals surface area contributed by atoms with Gasteiger partial charge in [-0.3, -0.25) is 0 Å². The van der Waals surface area contributed by atoms with Crippen LogP contribution < -0.4 is 0 Å². The van der Waals surface area contributed by atoms with Gasteiger partial charge in [0, 0.05) is 7.11 Å². The predicted octanol–water partition coefficient (Wildman–Crippen LogP) is -1.15. The molecule has 0 radical (unpaired) electrons. The first-order valence-electron chi connectivity index (χ1n) is 4.34. The number of aliphatic hydroxyl groups is 3. The Morgan fingerprint density at radius 3 is 2.23 bits per heavy atom. The Morgan fingerprint density at radius 2 is 1.77 bits per heavy atom. The largest absolute Gasteiger partial charge is 0.388 e. The first kappa shape index (κ1) is 10.9. The van der Waals surface area contributed by atoms with Crippen molar-refractivity contribution in [1.82, 2.24) is 0 Å². The van der Waals surface area contributed by atoms with Crippen LogP contribution in [0.4, 0.5) is 0 Å². The van der Waals surface area contributed by atoms with Crippen LogP contribution in [-0.4, -0.2) is 53.1 Å². The van der Waals surface area contributed by atoms with Crippen molar-refractivity contribution in [1.29, 1.82) is 0 Å². The van der Waals surface area contributed by atoms with E-state index in [-0.39, 0.29) is 0 Å². The van der Waals surface area contributed by atoms with Crippen molar-refractivity contribution >= 4 is 0 Å². The summed E-state index contributed by atoms with van der Waals surface area (Å²) < 4.78 is 10.0. The lowest BCUT2D eigenvalue weighted by Gasteiger charge is -2.39. The van der Waals surface area contributed by atoms with Crippen molar-refractivity contribution in [3.8, 4) is 0 Å². The average Bonchev–Trinajstić information content (AvgIpc) is 2.15. The van der Waals surface area contributed by atoms with E-state index in [9.17, 15) is 15.3 Å². The zero-order chi connectivity index (χ0) is 10.0. The second-order valence-electron chi connectivity index (χ2n) is 3.16. The van der Waals surface area contributed by atoms with Crippen molar-refractivity contribution in [3.63, 3.8) is 0 Å². The molecule has 1 fully saturated rings. The van der Waals surface area contributed by atoms with E-state index in [1.54, 1.807) is 0 Å². The van der Waals surface area contributed by atoms with E-state index in [0.717, 1.165) is 0 Å². The Bertz CT molecular complexity index is 143. The summed E-state index contributed by atoms with van der Waals surface area (Å²) in [5.74, 6) is 0.